The van der Waals surface area contributed by atoms with Crippen LogP contribution < -0.4 is 20.1 Å². The van der Waals surface area contributed by atoms with E-state index < -0.39 is 0 Å². The van der Waals surface area contributed by atoms with E-state index in [-0.39, 0.29) is 0 Å². The Kier molecular flexibility index (Phi) is 12.1. The lowest BCUT2D eigenvalue weighted by Crippen LogP contribution is -2.38. The van der Waals surface area contributed by atoms with Gasteiger partial charge < -0.3 is 24.8 Å². The van der Waals surface area contributed by atoms with E-state index in [0.717, 1.165) is 63.0 Å². The van der Waals surface area contributed by atoms with Crippen LogP contribution in [0.3, 0.4) is 0 Å². The van der Waals surface area contributed by atoms with Crippen molar-refractivity contribution >= 4 is 5.96 Å². The van der Waals surface area contributed by atoms with Crippen molar-refractivity contribution < 1.29 is 14.2 Å². The number of guanidine groups is 1. The Morgan fingerprint density at radius 2 is 1.85 bits per heavy atom. The molecule has 0 unspecified atom stereocenters. The summed E-state index contributed by atoms with van der Waals surface area (Å²) in [4.78, 5) is 4.26. The molecule has 0 heterocycles. The second-order valence-corrected chi connectivity index (χ2v) is 6.77. The maximum Gasteiger partial charge on any atom is 0.190 e. The first-order valence-electron chi connectivity index (χ1n) is 9.92. The first-order chi connectivity index (χ1) is 13.1. The van der Waals surface area contributed by atoms with Gasteiger partial charge in [-0.05, 0) is 49.8 Å². The van der Waals surface area contributed by atoms with Gasteiger partial charge in [-0.2, -0.15) is 0 Å². The molecule has 0 aliphatic heterocycles. The number of hydrogen-bond acceptors (Lipinski definition) is 4. The van der Waals surface area contributed by atoms with Gasteiger partial charge in [0.15, 0.2) is 17.5 Å². The zero-order valence-electron chi connectivity index (χ0n) is 17.6. The van der Waals surface area contributed by atoms with Crippen LogP contribution in [0, 0.1) is 5.92 Å². The number of nitrogens with zero attached hydrogens (tertiary/aromatic N) is 1. The number of benzene rings is 1. The standard InChI is InChI=1S/C21H37N3O3/c1-6-27-20-15-18(10-11-19(20)25-5)9-7-12-23-21(22-4)24-13-8-14-26-16-17(2)3/h10-11,15,17H,6-9,12-14,16H2,1-5H3,(H2,22,23,24). The van der Waals surface area contributed by atoms with Gasteiger partial charge >= 0.3 is 0 Å². The summed E-state index contributed by atoms with van der Waals surface area (Å²) in [6.45, 7) is 10.2. The quantitative estimate of drug-likeness (QED) is 0.313. The minimum absolute atomic E-state index is 0.586. The Hall–Kier alpha value is -1.95. The van der Waals surface area contributed by atoms with Gasteiger partial charge in [-0.25, -0.2) is 0 Å². The Morgan fingerprint density at radius 1 is 1.11 bits per heavy atom. The molecular formula is C21H37N3O3. The molecule has 2 N–H and O–H groups in total. The van der Waals surface area contributed by atoms with Crippen molar-refractivity contribution in [1.29, 1.82) is 0 Å². The van der Waals surface area contributed by atoms with Crippen molar-refractivity contribution in [3.05, 3.63) is 23.8 Å². The summed E-state index contributed by atoms with van der Waals surface area (Å²) in [6, 6.07) is 6.12. The smallest absolute Gasteiger partial charge is 0.190 e. The minimum Gasteiger partial charge on any atom is -0.493 e. The van der Waals surface area contributed by atoms with Gasteiger partial charge in [0.05, 0.1) is 13.7 Å². The molecule has 1 aromatic rings. The van der Waals surface area contributed by atoms with Crippen LogP contribution in [0.15, 0.2) is 23.2 Å². The van der Waals surface area contributed by atoms with Crippen LogP contribution in [0.25, 0.3) is 0 Å². The summed E-state index contributed by atoms with van der Waals surface area (Å²) in [5.74, 6) is 3.01. The molecule has 154 valence electrons. The third-order valence-electron chi connectivity index (χ3n) is 3.90. The lowest BCUT2D eigenvalue weighted by molar-refractivity contribution is 0.108. The van der Waals surface area contributed by atoms with Gasteiger partial charge in [0.1, 0.15) is 0 Å². The van der Waals surface area contributed by atoms with E-state index in [4.69, 9.17) is 14.2 Å². The normalized spacial score (nSPS) is 11.6. The molecule has 0 bridgehead atoms. The summed E-state index contributed by atoms with van der Waals surface area (Å²) < 4.78 is 16.5. The predicted octanol–water partition coefficient (Wildman–Crippen LogP) is 3.25. The predicted molar refractivity (Wildman–Crippen MR) is 112 cm³/mol. The van der Waals surface area contributed by atoms with E-state index in [1.54, 1.807) is 14.2 Å². The van der Waals surface area contributed by atoms with Gasteiger partial charge in [0, 0.05) is 33.4 Å². The molecule has 0 spiro atoms. The molecule has 0 aliphatic rings. The van der Waals surface area contributed by atoms with E-state index in [1.807, 2.05) is 13.0 Å². The number of nitrogens with one attached hydrogen (secondary N) is 2. The first kappa shape index (κ1) is 23.1. The van der Waals surface area contributed by atoms with Crippen LogP contribution in [-0.2, 0) is 11.2 Å². The second-order valence-electron chi connectivity index (χ2n) is 6.77. The Bertz CT molecular complexity index is 547. The number of rotatable bonds is 13. The summed E-state index contributed by atoms with van der Waals surface area (Å²) in [6.07, 6.45) is 2.95. The number of hydrogen-bond donors (Lipinski definition) is 2. The highest BCUT2D eigenvalue weighted by Crippen LogP contribution is 2.28. The van der Waals surface area contributed by atoms with Crippen molar-refractivity contribution in [2.24, 2.45) is 10.9 Å². The lowest BCUT2D eigenvalue weighted by atomic mass is 10.1. The lowest BCUT2D eigenvalue weighted by Gasteiger charge is -2.13. The highest BCUT2D eigenvalue weighted by Gasteiger charge is 2.05. The van der Waals surface area contributed by atoms with E-state index in [9.17, 15) is 0 Å². The average Bonchev–Trinajstić information content (AvgIpc) is 2.66. The molecule has 0 radical (unpaired) electrons. The van der Waals surface area contributed by atoms with Crippen molar-refractivity contribution in [2.45, 2.75) is 40.0 Å². The van der Waals surface area contributed by atoms with Crippen molar-refractivity contribution in [3.8, 4) is 11.5 Å². The van der Waals surface area contributed by atoms with Crippen molar-refractivity contribution in [1.82, 2.24) is 10.6 Å². The molecule has 0 saturated heterocycles. The summed E-state index contributed by atoms with van der Waals surface area (Å²) in [5.41, 5.74) is 1.24. The van der Waals surface area contributed by atoms with Crippen LogP contribution in [0.1, 0.15) is 39.2 Å². The zero-order chi connectivity index (χ0) is 19.9. The van der Waals surface area contributed by atoms with Crippen LogP contribution >= 0.6 is 0 Å². The molecule has 0 amide bonds. The van der Waals surface area contributed by atoms with E-state index in [2.05, 4.69) is 41.6 Å². The number of aliphatic imine (C=N–C) groups is 1. The topological polar surface area (TPSA) is 64.1 Å². The third kappa shape index (κ3) is 10.1. The van der Waals surface area contributed by atoms with Gasteiger partial charge in [0.2, 0.25) is 0 Å². The Balaban J connectivity index is 2.24. The van der Waals surface area contributed by atoms with Crippen LogP contribution in [-0.4, -0.2) is 53.0 Å². The molecule has 0 fully saturated rings. The number of methoxy groups -OCH3 is 1. The maximum absolute atomic E-state index is 5.64. The molecule has 0 atom stereocenters. The molecule has 27 heavy (non-hydrogen) atoms. The SMILES string of the molecule is CCOc1cc(CCCNC(=NC)NCCCOCC(C)C)ccc1OC. The molecule has 1 rings (SSSR count). The third-order valence-corrected chi connectivity index (χ3v) is 3.90. The van der Waals surface area contributed by atoms with Gasteiger partial charge in [0.25, 0.3) is 0 Å². The first-order valence-corrected chi connectivity index (χ1v) is 9.92. The number of ether oxygens (including phenoxy) is 3. The fraction of sp³-hybridized carbons (Fsp3) is 0.667. The summed E-state index contributed by atoms with van der Waals surface area (Å²) in [5, 5.41) is 6.67. The van der Waals surface area contributed by atoms with Crippen LogP contribution in [0.5, 0.6) is 11.5 Å². The average molecular weight is 380 g/mol. The molecule has 0 saturated carbocycles. The number of aryl methyl sites for hydroxylation is 1. The fourth-order valence-corrected chi connectivity index (χ4v) is 2.56. The van der Waals surface area contributed by atoms with Crippen molar-refractivity contribution in [2.75, 3.05) is 47.1 Å². The van der Waals surface area contributed by atoms with Crippen LogP contribution in [0.2, 0.25) is 0 Å². The van der Waals surface area contributed by atoms with E-state index >= 15 is 0 Å². The monoisotopic (exact) mass is 379 g/mol. The molecule has 0 aliphatic carbocycles. The largest absolute Gasteiger partial charge is 0.493 e. The molecular weight excluding hydrogens is 342 g/mol. The molecule has 0 aromatic heterocycles. The summed E-state index contributed by atoms with van der Waals surface area (Å²) in [7, 11) is 3.46. The molecule has 1 aromatic carbocycles. The fourth-order valence-electron chi connectivity index (χ4n) is 2.56. The maximum atomic E-state index is 5.64. The Labute approximate surface area is 164 Å². The molecule has 6 heteroatoms. The highest BCUT2D eigenvalue weighted by molar-refractivity contribution is 5.79. The summed E-state index contributed by atoms with van der Waals surface area (Å²) >= 11 is 0. The van der Waals surface area contributed by atoms with E-state index in [0.29, 0.717) is 12.5 Å². The van der Waals surface area contributed by atoms with E-state index in [1.165, 1.54) is 5.56 Å². The minimum atomic E-state index is 0.586. The zero-order valence-corrected chi connectivity index (χ0v) is 17.6. The van der Waals surface area contributed by atoms with Crippen molar-refractivity contribution in [3.63, 3.8) is 0 Å². The van der Waals surface area contributed by atoms with Gasteiger partial charge in [-0.3, -0.25) is 4.99 Å². The van der Waals surface area contributed by atoms with Crippen LogP contribution in [0.4, 0.5) is 0 Å². The highest BCUT2D eigenvalue weighted by atomic mass is 16.5. The second kappa shape index (κ2) is 14.2. The van der Waals surface area contributed by atoms with Gasteiger partial charge in [-0.1, -0.05) is 19.9 Å². The Morgan fingerprint density at radius 3 is 2.48 bits per heavy atom. The van der Waals surface area contributed by atoms with Gasteiger partial charge in [-0.15, -0.1) is 0 Å². The molecule has 6 nitrogen and oxygen atoms in total.